The minimum Gasteiger partial charge on any atom is -0.457 e. The first kappa shape index (κ1) is 14.6. The van der Waals surface area contributed by atoms with Gasteiger partial charge >= 0.3 is 0 Å². The Morgan fingerprint density at radius 1 is 1.47 bits per heavy atom. The van der Waals surface area contributed by atoms with Crippen LogP contribution in [0.1, 0.15) is 36.0 Å². The Bertz CT molecular complexity index is 414. The summed E-state index contributed by atoms with van der Waals surface area (Å²) in [6, 6.07) is 1.96. The van der Waals surface area contributed by atoms with E-state index in [1.807, 2.05) is 0 Å². The van der Waals surface area contributed by atoms with Crippen molar-refractivity contribution in [3.05, 3.63) is 22.6 Å². The van der Waals surface area contributed by atoms with Gasteiger partial charge in [-0.15, -0.1) is 0 Å². The molecule has 1 fully saturated rings. The molecule has 0 saturated heterocycles. The minimum atomic E-state index is -0.158. The quantitative estimate of drug-likeness (QED) is 0.810. The standard InChI is InChI=1S/C13H19BrN2O3/c14-12-11(5-7-19-12)13(17)16-6-8-18-10-3-1-9(15)2-4-10/h5,7,9-10H,1-4,6,8,15H2,(H,16,17). The van der Waals surface area contributed by atoms with E-state index in [1.165, 1.54) is 6.26 Å². The summed E-state index contributed by atoms with van der Waals surface area (Å²) in [6.45, 7) is 1.03. The normalized spacial score (nSPS) is 23.3. The minimum absolute atomic E-state index is 0.158. The van der Waals surface area contributed by atoms with Crippen LogP contribution in [0.4, 0.5) is 0 Å². The molecule has 0 spiro atoms. The average molecular weight is 331 g/mol. The fraction of sp³-hybridized carbons (Fsp3) is 0.615. The van der Waals surface area contributed by atoms with E-state index in [2.05, 4.69) is 21.2 Å². The number of furan rings is 1. The molecule has 106 valence electrons. The van der Waals surface area contributed by atoms with Crippen LogP contribution < -0.4 is 11.1 Å². The van der Waals surface area contributed by atoms with Crippen LogP contribution >= 0.6 is 15.9 Å². The van der Waals surface area contributed by atoms with E-state index in [0.717, 1.165) is 25.7 Å². The van der Waals surface area contributed by atoms with Crippen LogP contribution in [0.5, 0.6) is 0 Å². The van der Waals surface area contributed by atoms with Crippen molar-refractivity contribution >= 4 is 21.8 Å². The van der Waals surface area contributed by atoms with Gasteiger partial charge in [-0.3, -0.25) is 4.79 Å². The molecule has 1 saturated carbocycles. The Morgan fingerprint density at radius 3 is 2.84 bits per heavy atom. The highest BCUT2D eigenvalue weighted by Crippen LogP contribution is 2.19. The molecular formula is C13H19BrN2O3. The number of carbonyl (C=O) groups is 1. The summed E-state index contributed by atoms with van der Waals surface area (Å²) >= 11 is 3.17. The molecule has 0 aromatic carbocycles. The van der Waals surface area contributed by atoms with E-state index in [9.17, 15) is 4.79 Å². The Morgan fingerprint density at radius 2 is 2.21 bits per heavy atom. The zero-order valence-electron chi connectivity index (χ0n) is 10.7. The van der Waals surface area contributed by atoms with Gasteiger partial charge in [-0.2, -0.15) is 0 Å². The predicted octanol–water partition coefficient (Wildman–Crippen LogP) is 2.06. The molecule has 0 bridgehead atoms. The maximum absolute atomic E-state index is 11.7. The van der Waals surface area contributed by atoms with Gasteiger partial charge in [-0.05, 0) is 47.7 Å². The lowest BCUT2D eigenvalue weighted by Crippen LogP contribution is -2.33. The van der Waals surface area contributed by atoms with Crippen molar-refractivity contribution in [1.82, 2.24) is 5.32 Å². The number of carbonyl (C=O) groups excluding carboxylic acids is 1. The fourth-order valence-electron chi connectivity index (χ4n) is 2.20. The van der Waals surface area contributed by atoms with Crippen LogP contribution in [0.3, 0.4) is 0 Å². The summed E-state index contributed by atoms with van der Waals surface area (Å²) < 4.78 is 11.2. The number of amides is 1. The van der Waals surface area contributed by atoms with Gasteiger partial charge in [0.1, 0.15) is 0 Å². The van der Waals surface area contributed by atoms with Gasteiger partial charge in [0.05, 0.1) is 24.5 Å². The number of ether oxygens (including phenoxy) is 1. The van der Waals surface area contributed by atoms with E-state index in [-0.39, 0.29) is 12.0 Å². The molecule has 1 aromatic rings. The zero-order valence-corrected chi connectivity index (χ0v) is 12.3. The third-order valence-corrected chi connectivity index (χ3v) is 3.94. The largest absolute Gasteiger partial charge is 0.457 e. The van der Waals surface area contributed by atoms with E-state index in [0.29, 0.717) is 29.4 Å². The second-order valence-electron chi connectivity index (χ2n) is 4.77. The first-order chi connectivity index (χ1) is 9.16. The number of hydrogen-bond acceptors (Lipinski definition) is 4. The highest BCUT2D eigenvalue weighted by atomic mass is 79.9. The summed E-state index contributed by atoms with van der Waals surface area (Å²) in [4.78, 5) is 11.7. The van der Waals surface area contributed by atoms with E-state index in [4.69, 9.17) is 14.9 Å². The van der Waals surface area contributed by atoms with Crippen LogP contribution in [0, 0.1) is 0 Å². The molecule has 19 heavy (non-hydrogen) atoms. The monoisotopic (exact) mass is 330 g/mol. The van der Waals surface area contributed by atoms with Gasteiger partial charge in [-0.1, -0.05) is 0 Å². The third-order valence-electron chi connectivity index (χ3n) is 3.32. The molecule has 1 aromatic heterocycles. The number of halogens is 1. The molecule has 1 aliphatic rings. The lowest BCUT2D eigenvalue weighted by Gasteiger charge is -2.26. The van der Waals surface area contributed by atoms with Gasteiger partial charge in [0.15, 0.2) is 4.67 Å². The molecule has 0 aliphatic heterocycles. The lowest BCUT2D eigenvalue weighted by molar-refractivity contribution is 0.0267. The maximum Gasteiger partial charge on any atom is 0.255 e. The summed E-state index contributed by atoms with van der Waals surface area (Å²) in [7, 11) is 0. The molecule has 1 heterocycles. The van der Waals surface area contributed by atoms with Crippen molar-refractivity contribution in [3.8, 4) is 0 Å². The predicted molar refractivity (Wildman–Crippen MR) is 74.9 cm³/mol. The van der Waals surface area contributed by atoms with Gasteiger partial charge < -0.3 is 20.2 Å². The molecular weight excluding hydrogens is 312 g/mol. The van der Waals surface area contributed by atoms with Crippen LogP contribution in [0.25, 0.3) is 0 Å². The lowest BCUT2D eigenvalue weighted by atomic mass is 9.94. The van der Waals surface area contributed by atoms with Crippen LogP contribution in [-0.4, -0.2) is 31.2 Å². The topological polar surface area (TPSA) is 77.5 Å². The second kappa shape index (κ2) is 7.07. The number of nitrogens with two attached hydrogens (primary N) is 1. The summed E-state index contributed by atoms with van der Waals surface area (Å²) in [5.41, 5.74) is 6.34. The number of rotatable bonds is 5. The Labute approximate surface area is 121 Å². The SMILES string of the molecule is NC1CCC(OCCNC(=O)c2ccoc2Br)CC1. The highest BCUT2D eigenvalue weighted by molar-refractivity contribution is 9.10. The third kappa shape index (κ3) is 4.33. The summed E-state index contributed by atoms with van der Waals surface area (Å²) in [6.07, 6.45) is 5.85. The zero-order chi connectivity index (χ0) is 13.7. The van der Waals surface area contributed by atoms with Gasteiger partial charge in [0.2, 0.25) is 0 Å². The molecule has 1 aliphatic carbocycles. The number of hydrogen-bond donors (Lipinski definition) is 2. The van der Waals surface area contributed by atoms with Crippen molar-refractivity contribution in [2.24, 2.45) is 5.73 Å². The van der Waals surface area contributed by atoms with Crippen LogP contribution in [0.15, 0.2) is 21.4 Å². The molecule has 0 atom stereocenters. The Hall–Kier alpha value is -0.850. The van der Waals surface area contributed by atoms with Crippen molar-refractivity contribution in [2.45, 2.75) is 37.8 Å². The smallest absolute Gasteiger partial charge is 0.255 e. The van der Waals surface area contributed by atoms with Crippen LogP contribution in [0.2, 0.25) is 0 Å². The van der Waals surface area contributed by atoms with Gasteiger partial charge in [0, 0.05) is 12.6 Å². The maximum atomic E-state index is 11.7. The van der Waals surface area contributed by atoms with Crippen molar-refractivity contribution in [1.29, 1.82) is 0 Å². The molecule has 0 unspecified atom stereocenters. The fourth-order valence-corrected chi connectivity index (χ4v) is 2.62. The Balaban J connectivity index is 1.62. The van der Waals surface area contributed by atoms with Gasteiger partial charge in [0.25, 0.3) is 5.91 Å². The molecule has 3 N–H and O–H groups in total. The molecule has 1 amide bonds. The van der Waals surface area contributed by atoms with Crippen molar-refractivity contribution in [2.75, 3.05) is 13.2 Å². The van der Waals surface area contributed by atoms with E-state index >= 15 is 0 Å². The summed E-state index contributed by atoms with van der Waals surface area (Å²) in [5.74, 6) is -0.158. The van der Waals surface area contributed by atoms with Crippen LogP contribution in [-0.2, 0) is 4.74 Å². The van der Waals surface area contributed by atoms with E-state index < -0.39 is 0 Å². The molecule has 5 nitrogen and oxygen atoms in total. The molecule has 6 heteroatoms. The number of nitrogens with one attached hydrogen (secondary N) is 1. The van der Waals surface area contributed by atoms with E-state index in [1.54, 1.807) is 6.07 Å². The second-order valence-corrected chi connectivity index (χ2v) is 5.49. The first-order valence-corrected chi connectivity index (χ1v) is 7.34. The Kier molecular flexibility index (Phi) is 5.42. The highest BCUT2D eigenvalue weighted by Gasteiger charge is 2.18. The van der Waals surface area contributed by atoms with Crippen molar-refractivity contribution in [3.63, 3.8) is 0 Å². The summed E-state index contributed by atoms with van der Waals surface area (Å²) in [5, 5.41) is 2.80. The van der Waals surface area contributed by atoms with Gasteiger partial charge in [-0.25, -0.2) is 0 Å². The van der Waals surface area contributed by atoms with Crippen molar-refractivity contribution < 1.29 is 13.9 Å². The average Bonchev–Trinajstić information content (AvgIpc) is 2.83. The molecule has 0 radical (unpaired) electrons. The molecule has 2 rings (SSSR count). The first-order valence-electron chi connectivity index (χ1n) is 6.55.